The van der Waals surface area contributed by atoms with Crippen LogP contribution in [0.2, 0.25) is 0 Å². The van der Waals surface area contributed by atoms with Crippen LogP contribution in [0, 0.1) is 13.8 Å². The van der Waals surface area contributed by atoms with Gasteiger partial charge < -0.3 is 76.7 Å². The van der Waals surface area contributed by atoms with Crippen LogP contribution in [-0.2, 0) is 17.7 Å². The maximum absolute atomic E-state index is 8.88. The first kappa shape index (κ1) is 45.0. The number of nitrogen functional groups attached to an aromatic ring is 4. The van der Waals surface area contributed by atoms with Crippen molar-refractivity contribution in [3.05, 3.63) is 70.8 Å². The largest absolute Gasteiger partial charge is 0.493 e. The van der Waals surface area contributed by atoms with Crippen molar-refractivity contribution < 1.29 is 47.7 Å². The Labute approximate surface area is 340 Å². The van der Waals surface area contributed by atoms with E-state index in [1.54, 1.807) is 42.7 Å². The number of aryl methyl sites for hydroxylation is 2. The summed E-state index contributed by atoms with van der Waals surface area (Å²) in [4.78, 5) is 38.2. The van der Waals surface area contributed by atoms with E-state index in [1.807, 2.05) is 62.4 Å². The highest BCUT2D eigenvalue weighted by Gasteiger charge is 2.16. The van der Waals surface area contributed by atoms with Gasteiger partial charge in [-0.05, 0) is 48.2 Å². The summed E-state index contributed by atoms with van der Waals surface area (Å²) in [6, 6.07) is 15.2. The zero-order valence-corrected chi connectivity index (χ0v) is 34.7. The summed E-state index contributed by atoms with van der Waals surface area (Å²) in [6.07, 6.45) is 0. The molecule has 0 aliphatic rings. The van der Waals surface area contributed by atoms with E-state index in [2.05, 4.69) is 30.6 Å². The molecule has 6 rings (SSSR count). The van der Waals surface area contributed by atoms with Crippen LogP contribution in [0.15, 0.2) is 48.5 Å². The molecule has 0 aliphatic heterocycles. The fourth-order valence-corrected chi connectivity index (χ4v) is 6.11. The first-order chi connectivity index (χ1) is 28.0. The Morgan fingerprint density at radius 3 is 1.12 bits per heavy atom. The molecular formula is C38H49N10O10P. The first-order valence-electron chi connectivity index (χ1n) is 17.4. The molecule has 20 nitrogen and oxygen atoms in total. The molecule has 0 spiro atoms. The van der Waals surface area contributed by atoms with Gasteiger partial charge in [0, 0.05) is 59.5 Å². The van der Waals surface area contributed by atoms with Crippen molar-refractivity contribution in [3.8, 4) is 34.5 Å². The number of aromatic nitrogens is 4. The fraction of sp³-hybridized carbons (Fsp3) is 0.263. The van der Waals surface area contributed by atoms with Crippen LogP contribution in [-0.4, -0.2) is 77.3 Å². The molecule has 59 heavy (non-hydrogen) atoms. The predicted octanol–water partition coefficient (Wildman–Crippen LogP) is 4.55. The normalized spacial score (nSPS) is 10.8. The molecule has 316 valence electrons. The van der Waals surface area contributed by atoms with Crippen molar-refractivity contribution >= 4 is 64.5 Å². The minimum absolute atomic E-state index is 0.169. The van der Waals surface area contributed by atoms with Crippen molar-refractivity contribution in [1.29, 1.82) is 0 Å². The van der Waals surface area contributed by atoms with Crippen LogP contribution in [0.5, 0.6) is 34.5 Å². The monoisotopic (exact) mass is 836 g/mol. The van der Waals surface area contributed by atoms with Gasteiger partial charge in [0.25, 0.3) is 0 Å². The lowest BCUT2D eigenvalue weighted by atomic mass is 10.0. The molecule has 0 bridgehead atoms. The summed E-state index contributed by atoms with van der Waals surface area (Å²) in [5.74, 6) is 4.54. The quantitative estimate of drug-likeness (QED) is 0.0763. The second-order valence-electron chi connectivity index (χ2n) is 12.5. The molecule has 0 fully saturated rings. The maximum atomic E-state index is 8.88. The zero-order chi connectivity index (χ0) is 43.6. The Balaban J connectivity index is 0.000000234. The molecule has 0 aliphatic carbocycles. The second kappa shape index (κ2) is 19.6. The van der Waals surface area contributed by atoms with E-state index in [1.165, 1.54) is 0 Å². The van der Waals surface area contributed by atoms with Gasteiger partial charge in [-0.2, -0.15) is 9.97 Å². The summed E-state index contributed by atoms with van der Waals surface area (Å²) >= 11 is 0. The third-order valence-electron chi connectivity index (χ3n) is 8.86. The lowest BCUT2D eigenvalue weighted by Crippen LogP contribution is -2.06. The number of rotatable bonds is 12. The van der Waals surface area contributed by atoms with E-state index in [0.717, 1.165) is 55.4 Å². The first-order valence-corrected chi connectivity index (χ1v) is 19.0. The van der Waals surface area contributed by atoms with Gasteiger partial charge in [0.2, 0.25) is 23.4 Å². The number of fused-ring (bicyclic) bond motifs is 2. The number of hydrogen-bond acceptors (Lipinski definition) is 17. The van der Waals surface area contributed by atoms with Gasteiger partial charge >= 0.3 is 7.82 Å². The van der Waals surface area contributed by atoms with Crippen molar-refractivity contribution in [1.82, 2.24) is 19.9 Å². The van der Waals surface area contributed by atoms with Gasteiger partial charge in [-0.25, -0.2) is 14.5 Å². The molecule has 6 aromatic rings. The van der Waals surface area contributed by atoms with Crippen molar-refractivity contribution in [3.63, 3.8) is 0 Å². The lowest BCUT2D eigenvalue weighted by Gasteiger charge is -2.16. The number of hydrogen-bond donors (Lipinski definition) is 9. The Kier molecular flexibility index (Phi) is 15.0. The topological polar surface area (TPSA) is 313 Å². The number of ether oxygens (including phenoxy) is 6. The number of methoxy groups -OCH3 is 6. The van der Waals surface area contributed by atoms with E-state index in [0.29, 0.717) is 59.2 Å². The number of nitrogens with one attached hydrogen (secondary N) is 2. The molecule has 0 saturated carbocycles. The fourth-order valence-electron chi connectivity index (χ4n) is 6.11. The average molecular weight is 837 g/mol. The summed E-state index contributed by atoms with van der Waals surface area (Å²) in [5.41, 5.74) is 30.7. The second-order valence-corrected chi connectivity index (χ2v) is 13.5. The molecule has 0 saturated heterocycles. The molecular weight excluding hydrogens is 787 g/mol. The third-order valence-corrected chi connectivity index (χ3v) is 8.86. The molecule has 21 heteroatoms. The number of nitrogens with zero attached hydrogens (tertiary/aromatic N) is 4. The van der Waals surface area contributed by atoms with Gasteiger partial charge in [0.05, 0.1) is 53.7 Å². The van der Waals surface area contributed by atoms with Crippen LogP contribution >= 0.6 is 7.82 Å². The average Bonchev–Trinajstić information content (AvgIpc) is 3.18. The lowest BCUT2D eigenvalue weighted by molar-refractivity contribution is 0.275. The van der Waals surface area contributed by atoms with Crippen molar-refractivity contribution in [2.75, 3.05) is 76.2 Å². The zero-order valence-electron chi connectivity index (χ0n) is 33.8. The highest BCUT2D eigenvalue weighted by molar-refractivity contribution is 7.45. The number of nitrogens with two attached hydrogens (primary N) is 4. The van der Waals surface area contributed by atoms with Crippen LogP contribution < -0.4 is 62.0 Å². The SMILES string of the molecule is COc1cc(NCc2ccc3nc(N)nc(N)c3c2C)cc(OC)c1OC.COc1cc(NCc2ccc3nc(N)nc(N)c3c2C)cc(OC)c1OC.O=P(O)(O)O. The smallest absolute Gasteiger partial charge is 0.466 e. The van der Waals surface area contributed by atoms with Gasteiger partial charge in [-0.1, -0.05) is 12.1 Å². The van der Waals surface area contributed by atoms with E-state index < -0.39 is 7.82 Å². The summed E-state index contributed by atoms with van der Waals surface area (Å²) in [7, 11) is 4.86. The summed E-state index contributed by atoms with van der Waals surface area (Å²) in [5, 5.41) is 8.38. The molecule has 2 heterocycles. The van der Waals surface area contributed by atoms with Gasteiger partial charge in [0.15, 0.2) is 23.0 Å². The van der Waals surface area contributed by atoms with E-state index in [9.17, 15) is 0 Å². The van der Waals surface area contributed by atoms with Crippen LogP contribution in [0.4, 0.5) is 34.9 Å². The van der Waals surface area contributed by atoms with E-state index in [-0.39, 0.29) is 11.9 Å². The Morgan fingerprint density at radius 1 is 0.542 bits per heavy atom. The highest BCUT2D eigenvalue weighted by Crippen LogP contribution is 2.41. The number of phosphoric acid groups is 1. The predicted molar refractivity (Wildman–Crippen MR) is 227 cm³/mol. The Hall–Kier alpha value is -6.73. The molecule has 0 amide bonds. The Bertz CT molecular complexity index is 2270. The van der Waals surface area contributed by atoms with Crippen LogP contribution in [0.1, 0.15) is 22.3 Å². The van der Waals surface area contributed by atoms with E-state index in [4.69, 9.17) is 70.6 Å². The van der Waals surface area contributed by atoms with Gasteiger partial charge in [-0.3, -0.25) is 0 Å². The van der Waals surface area contributed by atoms with Crippen molar-refractivity contribution in [2.24, 2.45) is 0 Å². The minimum Gasteiger partial charge on any atom is -0.493 e. The maximum Gasteiger partial charge on any atom is 0.466 e. The highest BCUT2D eigenvalue weighted by atomic mass is 31.2. The number of anilines is 6. The molecule has 13 N–H and O–H groups in total. The van der Waals surface area contributed by atoms with Gasteiger partial charge in [-0.15, -0.1) is 0 Å². The summed E-state index contributed by atoms with van der Waals surface area (Å²) in [6.45, 7) is 5.13. The standard InChI is InChI=1S/2C19H23N5O3.H3O4P/c2*1-10-11(5-6-13-16(10)18(20)24-19(21)23-13)9-22-12-7-14(25-2)17(27-4)15(8-12)26-3;1-5(2,3)4/h2*5-8,22H,9H2,1-4H3,(H4,20,21,23,24);(H3,1,2,3,4). The van der Waals surface area contributed by atoms with Gasteiger partial charge in [0.1, 0.15) is 11.6 Å². The van der Waals surface area contributed by atoms with Crippen molar-refractivity contribution in [2.45, 2.75) is 26.9 Å². The Morgan fingerprint density at radius 2 is 0.847 bits per heavy atom. The minimum atomic E-state index is -4.64. The molecule has 2 aromatic heterocycles. The van der Waals surface area contributed by atoms with E-state index >= 15 is 0 Å². The summed E-state index contributed by atoms with van der Waals surface area (Å²) < 4.78 is 41.1. The molecule has 0 unspecified atom stereocenters. The molecule has 0 atom stereocenters. The molecule has 4 aromatic carbocycles. The van der Waals surface area contributed by atoms with Crippen LogP contribution in [0.3, 0.4) is 0 Å². The number of benzene rings is 4. The third kappa shape index (κ3) is 11.2. The van der Waals surface area contributed by atoms with Crippen LogP contribution in [0.25, 0.3) is 21.8 Å². The molecule has 0 radical (unpaired) electrons.